The molecule has 0 atom stereocenters. The monoisotopic (exact) mass is 627 g/mol. The van der Waals surface area contributed by atoms with Gasteiger partial charge in [-0.05, 0) is 92.4 Å². The van der Waals surface area contributed by atoms with Crippen LogP contribution < -0.4 is 5.32 Å². The molecular formula is C48H37N. The Balaban J connectivity index is 1.44. The number of nitrogens with one attached hydrogen (secondary N) is 1. The highest BCUT2D eigenvalue weighted by Crippen LogP contribution is 2.41. The molecule has 1 heteroatoms. The highest BCUT2D eigenvalue weighted by Gasteiger charge is 2.21. The molecule has 0 unspecified atom stereocenters. The number of allylic oxidation sites excluding steroid dienone is 9. The maximum atomic E-state index is 3.73. The van der Waals surface area contributed by atoms with E-state index in [2.05, 4.69) is 187 Å². The number of benzene rings is 6. The van der Waals surface area contributed by atoms with Gasteiger partial charge in [-0.2, -0.15) is 0 Å². The van der Waals surface area contributed by atoms with Gasteiger partial charge in [0.15, 0.2) is 0 Å². The van der Waals surface area contributed by atoms with Crippen molar-refractivity contribution in [2.45, 2.75) is 25.7 Å². The van der Waals surface area contributed by atoms with Crippen LogP contribution in [-0.2, 0) is 0 Å². The van der Waals surface area contributed by atoms with Gasteiger partial charge >= 0.3 is 0 Å². The number of hydrogen-bond acceptors (Lipinski definition) is 1. The van der Waals surface area contributed by atoms with Crippen LogP contribution in [0.15, 0.2) is 176 Å². The van der Waals surface area contributed by atoms with E-state index in [1.54, 1.807) is 0 Å². The van der Waals surface area contributed by atoms with Crippen molar-refractivity contribution >= 4 is 49.5 Å². The maximum Gasteiger partial charge on any atom is 0.0403 e. The summed E-state index contributed by atoms with van der Waals surface area (Å²) in [5, 5.41) is 8.58. The molecule has 234 valence electrons. The summed E-state index contributed by atoms with van der Waals surface area (Å²) in [7, 11) is 0. The third kappa shape index (κ3) is 6.30. The van der Waals surface area contributed by atoms with Crippen LogP contribution >= 0.6 is 0 Å². The van der Waals surface area contributed by atoms with Gasteiger partial charge in [0, 0.05) is 35.0 Å². The molecule has 1 nitrogen and oxygen atoms in total. The maximum absolute atomic E-state index is 3.73. The molecule has 0 radical (unpaired) electrons. The van der Waals surface area contributed by atoms with Gasteiger partial charge in [-0.1, -0.05) is 157 Å². The predicted molar refractivity (Wildman–Crippen MR) is 211 cm³/mol. The van der Waals surface area contributed by atoms with Crippen molar-refractivity contribution in [2.24, 2.45) is 0 Å². The van der Waals surface area contributed by atoms with Gasteiger partial charge in [-0.25, -0.2) is 0 Å². The summed E-state index contributed by atoms with van der Waals surface area (Å²) in [6.07, 6.45) is 15.3. The van der Waals surface area contributed by atoms with E-state index in [0.717, 1.165) is 47.2 Å². The quantitative estimate of drug-likeness (QED) is 0.174. The minimum atomic E-state index is 0.656. The number of anilines is 1. The highest BCUT2D eigenvalue weighted by atomic mass is 14.8. The lowest BCUT2D eigenvalue weighted by Crippen LogP contribution is -2.02. The lowest BCUT2D eigenvalue weighted by atomic mass is 9.84. The van der Waals surface area contributed by atoms with E-state index >= 15 is 0 Å². The SMILES string of the molecule is C1#CC(c2cccc3ccccc23)=C(/C(=C\Nc2ccccc2)c2ccccc2C2=CC=CCCC2)C=C(c2cccc3ccccc23)C1. The summed E-state index contributed by atoms with van der Waals surface area (Å²) in [5.41, 5.74) is 11.7. The second-order valence-corrected chi connectivity index (χ2v) is 12.6. The van der Waals surface area contributed by atoms with Crippen LogP contribution in [0, 0.1) is 11.8 Å². The summed E-state index contributed by atoms with van der Waals surface area (Å²) in [6, 6.07) is 49.8. The first-order valence-corrected chi connectivity index (χ1v) is 17.2. The molecule has 0 amide bonds. The Morgan fingerprint density at radius 1 is 0.612 bits per heavy atom. The van der Waals surface area contributed by atoms with Crippen molar-refractivity contribution in [1.29, 1.82) is 0 Å². The Bertz CT molecular complexity index is 2390. The summed E-state index contributed by atoms with van der Waals surface area (Å²) in [5.74, 6) is 7.35. The Kier molecular flexibility index (Phi) is 8.61. The van der Waals surface area contributed by atoms with Crippen LogP contribution in [-0.4, -0.2) is 0 Å². The third-order valence-electron chi connectivity index (χ3n) is 9.54. The molecule has 49 heavy (non-hydrogen) atoms. The van der Waals surface area contributed by atoms with Gasteiger partial charge in [0.2, 0.25) is 0 Å². The second-order valence-electron chi connectivity index (χ2n) is 12.6. The van der Waals surface area contributed by atoms with Crippen molar-refractivity contribution in [3.05, 3.63) is 198 Å². The summed E-state index contributed by atoms with van der Waals surface area (Å²) in [4.78, 5) is 0. The first-order valence-electron chi connectivity index (χ1n) is 17.2. The number of hydrogen-bond donors (Lipinski definition) is 1. The molecular weight excluding hydrogens is 591 g/mol. The van der Waals surface area contributed by atoms with Gasteiger partial charge in [0.05, 0.1) is 0 Å². The second kappa shape index (κ2) is 13.9. The number of para-hydroxylation sites is 1. The van der Waals surface area contributed by atoms with Gasteiger partial charge in [0.1, 0.15) is 0 Å². The van der Waals surface area contributed by atoms with E-state index in [1.807, 2.05) is 0 Å². The Hall–Kier alpha value is -6.10. The number of rotatable bonds is 7. The van der Waals surface area contributed by atoms with Crippen LogP contribution in [0.4, 0.5) is 5.69 Å². The van der Waals surface area contributed by atoms with Gasteiger partial charge < -0.3 is 5.32 Å². The van der Waals surface area contributed by atoms with Crippen molar-refractivity contribution < 1.29 is 0 Å². The van der Waals surface area contributed by atoms with E-state index in [4.69, 9.17) is 0 Å². The molecule has 0 aromatic heterocycles. The molecule has 0 saturated carbocycles. The van der Waals surface area contributed by atoms with Crippen molar-refractivity contribution in [3.63, 3.8) is 0 Å². The Morgan fingerprint density at radius 3 is 2.08 bits per heavy atom. The number of fused-ring (bicyclic) bond motifs is 2. The average molecular weight is 628 g/mol. The van der Waals surface area contributed by atoms with Crippen molar-refractivity contribution in [3.8, 4) is 11.8 Å². The lowest BCUT2D eigenvalue weighted by molar-refractivity contribution is 0.886. The fourth-order valence-electron chi connectivity index (χ4n) is 7.13. The predicted octanol–water partition coefficient (Wildman–Crippen LogP) is 12.5. The average Bonchev–Trinajstić information content (AvgIpc) is 3.57. The van der Waals surface area contributed by atoms with Crippen LogP contribution in [0.3, 0.4) is 0 Å². The summed E-state index contributed by atoms with van der Waals surface area (Å²) < 4.78 is 0. The topological polar surface area (TPSA) is 12.0 Å². The van der Waals surface area contributed by atoms with E-state index < -0.39 is 0 Å². The molecule has 0 bridgehead atoms. The molecule has 8 rings (SSSR count). The summed E-state index contributed by atoms with van der Waals surface area (Å²) >= 11 is 0. The van der Waals surface area contributed by atoms with Crippen molar-refractivity contribution in [2.75, 3.05) is 5.32 Å². The van der Waals surface area contributed by atoms with Crippen LogP contribution in [0.1, 0.15) is 47.9 Å². The van der Waals surface area contributed by atoms with Gasteiger partial charge in [-0.15, -0.1) is 0 Å². The molecule has 6 aromatic rings. The van der Waals surface area contributed by atoms with E-state index in [1.165, 1.54) is 49.4 Å². The molecule has 0 spiro atoms. The standard InChI is InChI=1S/C48H37N/c1-2-5-18-35(17-4-1)42-28-12-13-29-45(42)48(34-49-39-24-6-3-7-25-39)47-33-38(43-30-14-21-36-19-8-10-26-40(36)43)23-16-32-46(47)44-31-15-22-37-20-9-11-27-41(37)44/h1,3-4,6-15,17,19-22,24-31,33-34,49H,2,5,18,23H2/b48-34-. The van der Waals surface area contributed by atoms with E-state index in [0.29, 0.717) is 6.42 Å². The minimum absolute atomic E-state index is 0.656. The van der Waals surface area contributed by atoms with Gasteiger partial charge in [0.25, 0.3) is 0 Å². The molecule has 1 N–H and O–H groups in total. The molecule has 0 aliphatic heterocycles. The molecule has 0 fully saturated rings. The Labute approximate surface area is 289 Å². The molecule has 6 aromatic carbocycles. The molecule has 0 heterocycles. The zero-order chi connectivity index (χ0) is 32.8. The van der Waals surface area contributed by atoms with E-state index in [-0.39, 0.29) is 0 Å². The largest absolute Gasteiger partial charge is 0.361 e. The normalized spacial score (nSPS) is 14.8. The zero-order valence-corrected chi connectivity index (χ0v) is 27.5. The third-order valence-corrected chi connectivity index (χ3v) is 9.54. The first kappa shape index (κ1) is 30.2. The smallest absolute Gasteiger partial charge is 0.0403 e. The molecule has 0 saturated heterocycles. The minimum Gasteiger partial charge on any atom is -0.361 e. The fourth-order valence-corrected chi connectivity index (χ4v) is 7.13. The van der Waals surface area contributed by atoms with Crippen molar-refractivity contribution in [1.82, 2.24) is 0 Å². The van der Waals surface area contributed by atoms with Crippen LogP contribution in [0.5, 0.6) is 0 Å². The molecule has 2 aliphatic rings. The van der Waals surface area contributed by atoms with Crippen LogP contribution in [0.2, 0.25) is 0 Å². The first-order chi connectivity index (χ1) is 24.3. The summed E-state index contributed by atoms with van der Waals surface area (Å²) in [6.45, 7) is 0. The Morgan fingerprint density at radius 2 is 1.27 bits per heavy atom. The van der Waals surface area contributed by atoms with Gasteiger partial charge in [-0.3, -0.25) is 0 Å². The highest BCUT2D eigenvalue weighted by molar-refractivity contribution is 6.08. The fraction of sp³-hybridized carbons (Fsp3) is 0.0833. The van der Waals surface area contributed by atoms with E-state index in [9.17, 15) is 0 Å². The molecule has 2 aliphatic carbocycles. The van der Waals surface area contributed by atoms with Crippen LogP contribution in [0.25, 0.3) is 43.8 Å². The zero-order valence-electron chi connectivity index (χ0n) is 27.5. The lowest BCUT2D eigenvalue weighted by Gasteiger charge is -2.20.